The van der Waals surface area contributed by atoms with Crippen molar-refractivity contribution in [3.05, 3.63) is 36.1 Å². The number of rotatable bonds is 3. The van der Waals surface area contributed by atoms with Gasteiger partial charge in [-0.15, -0.1) is 0 Å². The van der Waals surface area contributed by atoms with Gasteiger partial charge in [-0.3, -0.25) is 0 Å². The minimum atomic E-state index is -3.05. The van der Waals surface area contributed by atoms with Crippen LogP contribution in [0.25, 0.3) is 0 Å². The summed E-state index contributed by atoms with van der Waals surface area (Å²) in [7, 11) is 0. The Labute approximate surface area is 71.3 Å². The predicted octanol–water partition coefficient (Wildman–Crippen LogP) is 2.62. The van der Waals surface area contributed by atoms with Crippen molar-refractivity contribution in [3.63, 3.8) is 0 Å². The fourth-order valence-electron chi connectivity index (χ4n) is 0.640. The van der Waals surface area contributed by atoms with Crippen LogP contribution in [-0.4, -0.2) is 5.92 Å². The molecule has 2 N–H and O–H groups in total. The van der Waals surface area contributed by atoms with E-state index in [1.807, 2.05) is 0 Å². The number of hydrogen-bond acceptors (Lipinski definition) is 1. The predicted molar refractivity (Wildman–Crippen MR) is 46.8 cm³/mol. The molecule has 0 amide bonds. The van der Waals surface area contributed by atoms with Crippen molar-refractivity contribution >= 4 is 0 Å². The zero-order valence-corrected chi connectivity index (χ0v) is 7.32. The van der Waals surface area contributed by atoms with Crippen molar-refractivity contribution in [1.29, 1.82) is 0 Å². The molecule has 0 unspecified atom stereocenters. The van der Waals surface area contributed by atoms with Crippen LogP contribution in [0.2, 0.25) is 0 Å². The fourth-order valence-corrected chi connectivity index (χ4v) is 0.640. The van der Waals surface area contributed by atoms with Crippen molar-refractivity contribution in [2.45, 2.75) is 19.8 Å². The summed E-state index contributed by atoms with van der Waals surface area (Å²) in [5, 5.41) is 0. The Balaban J connectivity index is 4.70. The lowest BCUT2D eigenvalue weighted by Gasteiger charge is -2.16. The molecule has 0 saturated heterocycles. The van der Waals surface area contributed by atoms with Crippen LogP contribution in [0.1, 0.15) is 13.8 Å². The Morgan fingerprint density at radius 1 is 1.33 bits per heavy atom. The maximum atomic E-state index is 13.0. The van der Waals surface area contributed by atoms with Crippen LogP contribution in [0.15, 0.2) is 36.1 Å². The van der Waals surface area contributed by atoms with E-state index < -0.39 is 5.92 Å². The van der Waals surface area contributed by atoms with Gasteiger partial charge in [0.1, 0.15) is 0 Å². The van der Waals surface area contributed by atoms with Gasteiger partial charge < -0.3 is 5.73 Å². The molecule has 0 spiro atoms. The highest BCUT2D eigenvalue weighted by Crippen LogP contribution is 2.30. The molecule has 0 aromatic carbocycles. The van der Waals surface area contributed by atoms with Crippen LogP contribution in [0.4, 0.5) is 8.78 Å². The van der Waals surface area contributed by atoms with E-state index in [9.17, 15) is 8.78 Å². The highest BCUT2D eigenvalue weighted by atomic mass is 19.3. The van der Waals surface area contributed by atoms with Crippen LogP contribution < -0.4 is 5.73 Å². The summed E-state index contributed by atoms with van der Waals surface area (Å²) in [5.41, 5.74) is 4.98. The lowest BCUT2D eigenvalue weighted by atomic mass is 10.0. The minimum Gasteiger partial charge on any atom is -0.402 e. The van der Waals surface area contributed by atoms with Gasteiger partial charge in [0.25, 0.3) is 5.92 Å². The lowest BCUT2D eigenvalue weighted by Crippen LogP contribution is -2.19. The topological polar surface area (TPSA) is 26.0 Å². The first-order valence-electron chi connectivity index (χ1n) is 3.45. The molecule has 0 rings (SSSR count). The Morgan fingerprint density at radius 3 is 2.00 bits per heavy atom. The summed E-state index contributed by atoms with van der Waals surface area (Å²) in [4.78, 5) is 0. The van der Waals surface area contributed by atoms with Gasteiger partial charge in [-0.1, -0.05) is 13.2 Å². The van der Waals surface area contributed by atoms with Crippen molar-refractivity contribution in [2.75, 3.05) is 0 Å². The van der Waals surface area contributed by atoms with Crippen LogP contribution in [0.5, 0.6) is 0 Å². The highest BCUT2D eigenvalue weighted by molar-refractivity contribution is 5.32. The first kappa shape index (κ1) is 10.9. The number of hydrogen-bond donors (Lipinski definition) is 1. The molecule has 0 fully saturated rings. The van der Waals surface area contributed by atoms with Gasteiger partial charge in [-0.25, -0.2) is 0 Å². The standard InChI is InChI=1S/C9H13F2N/c1-6(2)9(10,11)7(3)5-8(4)12/h5H,1,3,12H2,2,4H3/b8-5-. The molecule has 0 aliphatic heterocycles. The average Bonchev–Trinajstić information content (AvgIpc) is 1.85. The van der Waals surface area contributed by atoms with Gasteiger partial charge >= 0.3 is 0 Å². The lowest BCUT2D eigenvalue weighted by molar-refractivity contribution is 0.0881. The Bertz CT molecular complexity index is 235. The SMILES string of the molecule is C=C(C)C(F)(F)C(=C)/C=C(/C)N. The zero-order valence-electron chi connectivity index (χ0n) is 7.32. The van der Waals surface area contributed by atoms with Crippen LogP contribution in [-0.2, 0) is 0 Å². The molecule has 68 valence electrons. The molecule has 0 aliphatic carbocycles. The monoisotopic (exact) mass is 173 g/mol. The van der Waals surface area contributed by atoms with Crippen molar-refractivity contribution in [1.82, 2.24) is 0 Å². The van der Waals surface area contributed by atoms with E-state index in [4.69, 9.17) is 5.73 Å². The summed E-state index contributed by atoms with van der Waals surface area (Å²) in [6.45, 7) is 9.18. The minimum absolute atomic E-state index is 0.231. The summed E-state index contributed by atoms with van der Waals surface area (Å²) < 4.78 is 26.0. The van der Waals surface area contributed by atoms with E-state index in [0.717, 1.165) is 6.08 Å². The largest absolute Gasteiger partial charge is 0.402 e. The molecule has 3 heteroatoms. The van der Waals surface area contributed by atoms with Crippen LogP contribution in [0, 0.1) is 0 Å². The average molecular weight is 173 g/mol. The van der Waals surface area contributed by atoms with Crippen molar-refractivity contribution in [3.8, 4) is 0 Å². The molecule has 0 heterocycles. The van der Waals surface area contributed by atoms with Crippen molar-refractivity contribution < 1.29 is 8.78 Å². The summed E-state index contributed by atoms with van der Waals surface area (Å²) in [6, 6.07) is 0. The third kappa shape index (κ3) is 2.49. The van der Waals surface area contributed by atoms with E-state index in [1.54, 1.807) is 0 Å². The molecule has 0 aliphatic rings. The first-order valence-corrected chi connectivity index (χ1v) is 3.45. The fraction of sp³-hybridized carbons (Fsp3) is 0.333. The van der Waals surface area contributed by atoms with Gasteiger partial charge in [0.15, 0.2) is 0 Å². The maximum Gasteiger partial charge on any atom is 0.293 e. The van der Waals surface area contributed by atoms with Gasteiger partial charge in [0.05, 0.1) is 0 Å². The van der Waals surface area contributed by atoms with Gasteiger partial charge in [-0.2, -0.15) is 8.78 Å². The quantitative estimate of drug-likeness (QED) is 0.515. The van der Waals surface area contributed by atoms with E-state index >= 15 is 0 Å². The number of allylic oxidation sites excluding steroid dienone is 4. The Kier molecular flexibility index (Phi) is 3.19. The molecular weight excluding hydrogens is 160 g/mol. The van der Waals surface area contributed by atoms with Gasteiger partial charge in [0, 0.05) is 11.3 Å². The Morgan fingerprint density at radius 2 is 1.75 bits per heavy atom. The van der Waals surface area contributed by atoms with Gasteiger partial charge in [-0.05, 0) is 25.5 Å². The van der Waals surface area contributed by atoms with Crippen LogP contribution >= 0.6 is 0 Å². The molecule has 0 bridgehead atoms. The number of nitrogens with two attached hydrogens (primary N) is 1. The number of halogens is 2. The molecule has 0 aromatic rings. The molecule has 0 saturated carbocycles. The number of alkyl halides is 2. The second-order valence-electron chi connectivity index (χ2n) is 2.77. The molecule has 0 atom stereocenters. The molecule has 12 heavy (non-hydrogen) atoms. The second-order valence-corrected chi connectivity index (χ2v) is 2.77. The highest BCUT2D eigenvalue weighted by Gasteiger charge is 2.32. The van der Waals surface area contributed by atoms with Gasteiger partial charge in [0.2, 0.25) is 0 Å². The molecule has 0 aromatic heterocycles. The van der Waals surface area contributed by atoms with E-state index in [-0.39, 0.29) is 11.1 Å². The van der Waals surface area contributed by atoms with Crippen molar-refractivity contribution in [2.24, 2.45) is 5.73 Å². The molecule has 1 nitrogen and oxygen atoms in total. The smallest absolute Gasteiger partial charge is 0.293 e. The van der Waals surface area contributed by atoms with Crippen LogP contribution in [0.3, 0.4) is 0 Å². The molecular formula is C9H13F2N. The summed E-state index contributed by atoms with van der Waals surface area (Å²) >= 11 is 0. The summed E-state index contributed by atoms with van der Waals surface area (Å²) in [5.74, 6) is -3.05. The van der Waals surface area contributed by atoms with E-state index in [1.165, 1.54) is 13.8 Å². The zero-order chi connectivity index (χ0) is 9.94. The van der Waals surface area contributed by atoms with E-state index in [2.05, 4.69) is 13.2 Å². The van der Waals surface area contributed by atoms with E-state index in [0.29, 0.717) is 5.70 Å². The Hall–Kier alpha value is -1.12. The maximum absolute atomic E-state index is 13.0. The second kappa shape index (κ2) is 3.52. The normalized spacial score (nSPS) is 12.8. The summed E-state index contributed by atoms with van der Waals surface area (Å²) in [6.07, 6.45) is 1.15. The third-order valence-electron chi connectivity index (χ3n) is 1.34. The molecule has 0 radical (unpaired) electrons. The third-order valence-corrected chi connectivity index (χ3v) is 1.34. The first-order chi connectivity index (χ1) is 5.28.